The Morgan fingerprint density at radius 1 is 0.972 bits per heavy atom. The van der Waals surface area contributed by atoms with Gasteiger partial charge in [-0.05, 0) is 61.0 Å². The molecule has 1 N–H and O–H groups in total. The molecule has 186 valence electrons. The van der Waals surface area contributed by atoms with E-state index in [0.29, 0.717) is 35.6 Å². The first-order chi connectivity index (χ1) is 17.4. The monoisotopic (exact) mass is 520 g/mol. The summed E-state index contributed by atoms with van der Waals surface area (Å²) in [6.45, 7) is 2.84. The molecule has 0 spiro atoms. The number of para-hydroxylation sites is 1. The van der Waals surface area contributed by atoms with Gasteiger partial charge in [0.05, 0.1) is 21.0 Å². The first-order valence-electron chi connectivity index (χ1n) is 12.0. The van der Waals surface area contributed by atoms with Crippen molar-refractivity contribution in [3.63, 3.8) is 0 Å². The number of nitrogens with one attached hydrogen (secondary N) is 1. The van der Waals surface area contributed by atoms with Gasteiger partial charge >= 0.3 is 0 Å². The van der Waals surface area contributed by atoms with Crippen LogP contribution >= 0.6 is 11.3 Å². The SMILES string of the molecule is Cc1ccc(NC(=O)c2cn(-c3ccccc3)nc2-c2cccs2)cc1S(=O)(=O)N1CCCCCC1. The summed E-state index contributed by atoms with van der Waals surface area (Å²) in [5.74, 6) is -0.345. The summed E-state index contributed by atoms with van der Waals surface area (Å²) < 4.78 is 30.1. The number of thiophene rings is 1. The molecule has 4 aromatic rings. The molecule has 0 saturated carbocycles. The Kier molecular flexibility index (Phi) is 7.04. The van der Waals surface area contributed by atoms with Crippen LogP contribution < -0.4 is 5.32 Å². The zero-order chi connectivity index (χ0) is 25.1. The Morgan fingerprint density at radius 2 is 1.72 bits per heavy atom. The molecule has 3 heterocycles. The highest BCUT2D eigenvalue weighted by atomic mass is 32.2. The van der Waals surface area contributed by atoms with Gasteiger partial charge in [0, 0.05) is 25.0 Å². The third-order valence-corrected chi connectivity index (χ3v) is 9.28. The van der Waals surface area contributed by atoms with Crippen LogP contribution in [-0.2, 0) is 10.0 Å². The fraction of sp³-hybridized carbons (Fsp3) is 0.259. The van der Waals surface area contributed by atoms with E-state index in [1.807, 2.05) is 47.8 Å². The number of anilines is 1. The normalized spacial score (nSPS) is 14.9. The summed E-state index contributed by atoms with van der Waals surface area (Å²) in [4.78, 5) is 14.6. The van der Waals surface area contributed by atoms with E-state index in [0.717, 1.165) is 36.2 Å². The first-order valence-corrected chi connectivity index (χ1v) is 14.4. The molecule has 1 saturated heterocycles. The summed E-state index contributed by atoms with van der Waals surface area (Å²) in [6, 6.07) is 18.5. The van der Waals surface area contributed by atoms with Crippen molar-refractivity contribution in [3.05, 3.63) is 83.4 Å². The van der Waals surface area contributed by atoms with Crippen molar-refractivity contribution in [2.45, 2.75) is 37.5 Å². The molecule has 0 aliphatic carbocycles. The standard InChI is InChI=1S/C27H28N4O3S2/c1-20-13-14-21(18-25(20)36(33,34)30-15-7-2-3-8-16-30)28-27(32)23-19-31(22-10-5-4-6-11-22)29-26(23)24-12-9-17-35-24/h4-6,9-14,17-19H,2-3,7-8,15-16H2,1H3,(H,28,32). The van der Waals surface area contributed by atoms with E-state index in [9.17, 15) is 13.2 Å². The van der Waals surface area contributed by atoms with Gasteiger partial charge in [0.2, 0.25) is 10.0 Å². The lowest BCUT2D eigenvalue weighted by molar-refractivity contribution is 0.102. The third-order valence-electron chi connectivity index (χ3n) is 6.36. The molecule has 2 aromatic heterocycles. The smallest absolute Gasteiger partial charge is 0.259 e. The van der Waals surface area contributed by atoms with E-state index in [-0.39, 0.29) is 10.8 Å². The van der Waals surface area contributed by atoms with Crippen molar-refractivity contribution in [2.24, 2.45) is 0 Å². The number of aryl methyl sites for hydroxylation is 1. The van der Waals surface area contributed by atoms with Crippen molar-refractivity contribution in [1.82, 2.24) is 14.1 Å². The number of amides is 1. The van der Waals surface area contributed by atoms with Crippen LogP contribution in [0.25, 0.3) is 16.3 Å². The molecule has 2 aromatic carbocycles. The summed E-state index contributed by atoms with van der Waals surface area (Å²) in [6.07, 6.45) is 5.54. The largest absolute Gasteiger partial charge is 0.322 e. The van der Waals surface area contributed by atoms with Gasteiger partial charge in [-0.15, -0.1) is 11.3 Å². The number of sulfonamides is 1. The van der Waals surface area contributed by atoms with E-state index in [2.05, 4.69) is 5.32 Å². The van der Waals surface area contributed by atoms with Crippen LogP contribution in [0.3, 0.4) is 0 Å². The Hall–Kier alpha value is -3.27. The maximum Gasteiger partial charge on any atom is 0.259 e. The summed E-state index contributed by atoms with van der Waals surface area (Å²) in [7, 11) is -3.65. The van der Waals surface area contributed by atoms with Gasteiger partial charge in [-0.1, -0.05) is 43.2 Å². The Morgan fingerprint density at radius 3 is 2.42 bits per heavy atom. The van der Waals surface area contributed by atoms with Crippen molar-refractivity contribution >= 4 is 33.0 Å². The molecule has 0 unspecified atom stereocenters. The highest BCUT2D eigenvalue weighted by Crippen LogP contribution is 2.30. The second-order valence-electron chi connectivity index (χ2n) is 8.90. The van der Waals surface area contributed by atoms with Gasteiger partial charge in [0.25, 0.3) is 5.91 Å². The van der Waals surface area contributed by atoms with E-state index >= 15 is 0 Å². The Balaban J connectivity index is 1.46. The lowest BCUT2D eigenvalue weighted by atomic mass is 10.2. The van der Waals surface area contributed by atoms with Gasteiger partial charge in [-0.3, -0.25) is 4.79 Å². The van der Waals surface area contributed by atoms with Crippen molar-refractivity contribution < 1.29 is 13.2 Å². The van der Waals surface area contributed by atoms with Gasteiger partial charge in [-0.2, -0.15) is 9.40 Å². The van der Waals surface area contributed by atoms with E-state index in [1.54, 1.807) is 40.3 Å². The van der Waals surface area contributed by atoms with Gasteiger partial charge in [0.15, 0.2) is 0 Å². The highest BCUT2D eigenvalue weighted by Gasteiger charge is 2.27. The zero-order valence-electron chi connectivity index (χ0n) is 20.1. The average molecular weight is 521 g/mol. The predicted octanol–water partition coefficient (Wildman–Crippen LogP) is 5.73. The molecule has 1 fully saturated rings. The van der Waals surface area contributed by atoms with Gasteiger partial charge < -0.3 is 5.32 Å². The number of aromatic nitrogens is 2. The number of nitrogens with zero attached hydrogens (tertiary/aromatic N) is 3. The van der Waals surface area contributed by atoms with Crippen LogP contribution in [0.5, 0.6) is 0 Å². The molecule has 0 radical (unpaired) electrons. The maximum absolute atomic E-state index is 13.4. The summed E-state index contributed by atoms with van der Waals surface area (Å²) in [5, 5.41) is 9.54. The molecule has 7 nitrogen and oxygen atoms in total. The number of rotatable bonds is 6. The van der Waals surface area contributed by atoms with E-state index in [4.69, 9.17) is 5.10 Å². The molecule has 1 aliphatic rings. The minimum absolute atomic E-state index is 0.237. The van der Waals surface area contributed by atoms with Crippen LogP contribution in [0, 0.1) is 6.92 Å². The zero-order valence-corrected chi connectivity index (χ0v) is 21.7. The highest BCUT2D eigenvalue weighted by molar-refractivity contribution is 7.89. The topological polar surface area (TPSA) is 84.3 Å². The second-order valence-corrected chi connectivity index (χ2v) is 11.8. The van der Waals surface area contributed by atoms with Crippen LogP contribution in [0.15, 0.2) is 77.1 Å². The fourth-order valence-electron chi connectivity index (χ4n) is 4.42. The van der Waals surface area contributed by atoms with Crippen molar-refractivity contribution in [1.29, 1.82) is 0 Å². The minimum atomic E-state index is -3.65. The lowest BCUT2D eigenvalue weighted by Crippen LogP contribution is -2.32. The van der Waals surface area contributed by atoms with Gasteiger partial charge in [-0.25, -0.2) is 13.1 Å². The molecule has 0 bridgehead atoms. The molecule has 36 heavy (non-hydrogen) atoms. The maximum atomic E-state index is 13.4. The average Bonchev–Trinajstić information content (AvgIpc) is 3.49. The number of carbonyl (C=O) groups is 1. The molecule has 1 amide bonds. The Bertz CT molecular complexity index is 1450. The minimum Gasteiger partial charge on any atom is -0.322 e. The van der Waals surface area contributed by atoms with Crippen molar-refractivity contribution in [3.8, 4) is 16.3 Å². The second kappa shape index (κ2) is 10.4. The summed E-state index contributed by atoms with van der Waals surface area (Å²) in [5.41, 5.74) is 2.93. The van der Waals surface area contributed by atoms with Crippen LogP contribution in [-0.4, -0.2) is 41.5 Å². The van der Waals surface area contributed by atoms with Crippen LogP contribution in [0.2, 0.25) is 0 Å². The third kappa shape index (κ3) is 5.00. The van der Waals surface area contributed by atoms with Crippen molar-refractivity contribution in [2.75, 3.05) is 18.4 Å². The first kappa shape index (κ1) is 24.4. The molecular weight excluding hydrogens is 492 g/mol. The Labute approximate surface area is 215 Å². The quantitative estimate of drug-likeness (QED) is 0.352. The number of carbonyl (C=O) groups excluding carboxylic acids is 1. The van der Waals surface area contributed by atoms with Crippen LogP contribution in [0.4, 0.5) is 5.69 Å². The number of benzene rings is 2. The number of hydrogen-bond donors (Lipinski definition) is 1. The molecule has 1 aliphatic heterocycles. The molecular formula is C27H28N4O3S2. The molecule has 0 atom stereocenters. The molecule has 5 rings (SSSR count). The lowest BCUT2D eigenvalue weighted by Gasteiger charge is -2.21. The fourth-order valence-corrected chi connectivity index (χ4v) is 6.91. The summed E-state index contributed by atoms with van der Waals surface area (Å²) >= 11 is 1.51. The van der Waals surface area contributed by atoms with Gasteiger partial charge in [0.1, 0.15) is 5.69 Å². The van der Waals surface area contributed by atoms with E-state index < -0.39 is 10.0 Å². The van der Waals surface area contributed by atoms with Crippen LogP contribution in [0.1, 0.15) is 41.6 Å². The molecule has 9 heteroatoms. The number of hydrogen-bond acceptors (Lipinski definition) is 5. The van der Waals surface area contributed by atoms with E-state index in [1.165, 1.54) is 11.3 Å². The predicted molar refractivity (Wildman–Crippen MR) is 143 cm³/mol.